The summed E-state index contributed by atoms with van der Waals surface area (Å²) < 4.78 is 27.5. The van der Waals surface area contributed by atoms with E-state index in [9.17, 15) is 13.3 Å². The van der Waals surface area contributed by atoms with Crippen LogP contribution in [0.15, 0.2) is 88.7 Å². The van der Waals surface area contributed by atoms with Crippen molar-refractivity contribution in [1.82, 2.24) is 0 Å². The highest BCUT2D eigenvalue weighted by molar-refractivity contribution is 7.98. The summed E-state index contributed by atoms with van der Waals surface area (Å²) in [6, 6.07) is 22.4. The van der Waals surface area contributed by atoms with Gasteiger partial charge in [0.05, 0.1) is 4.91 Å². The first-order chi connectivity index (χ1) is 13.0. The van der Waals surface area contributed by atoms with Gasteiger partial charge in [-0.2, -0.15) is 0 Å². The Kier molecular flexibility index (Phi) is 5.78. The largest absolute Gasteiger partial charge is 0.336 e. The van der Waals surface area contributed by atoms with Crippen molar-refractivity contribution in [2.24, 2.45) is 0 Å². The van der Waals surface area contributed by atoms with E-state index in [0.717, 1.165) is 16.2 Å². The molecule has 0 radical (unpaired) electrons. The van der Waals surface area contributed by atoms with Gasteiger partial charge in [0.15, 0.2) is 4.90 Å². The van der Waals surface area contributed by atoms with Crippen molar-refractivity contribution >= 4 is 33.2 Å². The van der Waals surface area contributed by atoms with Crippen LogP contribution < -0.4 is 4.72 Å². The molecule has 0 aliphatic rings. The fraction of sp³-hybridized carbons (Fsp3) is 0.0526. The number of nitrogens with one attached hydrogen (secondary N) is 1. The van der Waals surface area contributed by atoms with Gasteiger partial charge in [0, 0.05) is 22.4 Å². The van der Waals surface area contributed by atoms with Crippen LogP contribution in [0.1, 0.15) is 5.56 Å². The molecule has 0 aliphatic carbocycles. The molecule has 27 heavy (non-hydrogen) atoms. The first-order valence-electron chi connectivity index (χ1n) is 8.00. The van der Waals surface area contributed by atoms with E-state index in [0.29, 0.717) is 5.69 Å². The highest BCUT2D eigenvalue weighted by Gasteiger charge is 2.28. The molecule has 0 atom stereocenters. The number of para-hydroxylation sites is 1. The fourth-order valence-electron chi connectivity index (χ4n) is 2.40. The Morgan fingerprint density at radius 1 is 0.889 bits per heavy atom. The van der Waals surface area contributed by atoms with Crippen LogP contribution in [0.25, 0.3) is 0 Å². The third kappa shape index (κ3) is 4.87. The smallest absolute Gasteiger partial charge is 0.279 e. The van der Waals surface area contributed by atoms with E-state index < -0.39 is 14.9 Å². The van der Waals surface area contributed by atoms with Crippen LogP contribution >= 0.6 is 11.8 Å². The van der Waals surface area contributed by atoms with Gasteiger partial charge in [-0.1, -0.05) is 42.5 Å². The lowest BCUT2D eigenvalue weighted by Crippen LogP contribution is -2.15. The number of nitrogens with zero attached hydrogens (tertiary/aromatic N) is 1. The maximum Gasteiger partial charge on any atom is 0.336 e. The summed E-state index contributed by atoms with van der Waals surface area (Å²) in [5.41, 5.74) is 1.07. The number of hydrogen-bond acceptors (Lipinski definition) is 4. The molecule has 0 amide bonds. The van der Waals surface area contributed by atoms with Gasteiger partial charge in [0.1, 0.15) is 0 Å². The fourth-order valence-corrected chi connectivity index (χ4v) is 4.52. The summed E-state index contributed by atoms with van der Waals surface area (Å²) in [4.78, 5) is 11.6. The quantitative estimate of drug-likeness (QED) is 0.447. The lowest BCUT2D eigenvalue weighted by Gasteiger charge is -2.08. The maximum atomic E-state index is 12.5. The molecular formula is C19H17N2O4S2+. The Hall–Kier alpha value is -2.84. The molecule has 8 heteroatoms. The second kappa shape index (κ2) is 8.24. The van der Waals surface area contributed by atoms with Crippen LogP contribution in [0, 0.1) is 4.91 Å². The van der Waals surface area contributed by atoms with Crippen LogP contribution in [0.2, 0.25) is 0 Å². The standard InChI is InChI=1S/C19H17N2O4S2/c22-21(23)18-8-4-5-9-19(18)27(24,25)20-16-12-10-15(11-13-16)14-26-17-6-2-1-3-7-17/h1-13,20H,14H2,(H,22,23)/q+1. The van der Waals surface area contributed by atoms with Crippen molar-refractivity contribution in [1.29, 1.82) is 0 Å². The van der Waals surface area contributed by atoms with Crippen LogP contribution in [-0.4, -0.2) is 18.5 Å². The molecule has 2 N–H and O–H groups in total. The topological polar surface area (TPSA) is 86.5 Å². The van der Waals surface area contributed by atoms with Gasteiger partial charge < -0.3 is 0 Å². The van der Waals surface area contributed by atoms with Gasteiger partial charge in [-0.25, -0.2) is 13.6 Å². The van der Waals surface area contributed by atoms with E-state index in [2.05, 4.69) is 4.72 Å². The van der Waals surface area contributed by atoms with Crippen molar-refractivity contribution in [3.63, 3.8) is 0 Å². The predicted molar refractivity (Wildman–Crippen MR) is 105 cm³/mol. The van der Waals surface area contributed by atoms with Gasteiger partial charge in [-0.15, -0.1) is 11.8 Å². The Morgan fingerprint density at radius 3 is 2.19 bits per heavy atom. The van der Waals surface area contributed by atoms with Gasteiger partial charge in [0.25, 0.3) is 14.9 Å². The predicted octanol–water partition coefficient (Wildman–Crippen LogP) is 4.58. The summed E-state index contributed by atoms with van der Waals surface area (Å²) in [6.07, 6.45) is 0. The van der Waals surface area contributed by atoms with Crippen molar-refractivity contribution in [3.8, 4) is 0 Å². The average Bonchev–Trinajstić information content (AvgIpc) is 2.68. The lowest BCUT2D eigenvalue weighted by atomic mass is 10.2. The first-order valence-corrected chi connectivity index (χ1v) is 10.5. The molecule has 3 aromatic rings. The third-order valence-electron chi connectivity index (χ3n) is 3.72. The van der Waals surface area contributed by atoms with Crippen LogP contribution in [0.4, 0.5) is 11.4 Å². The van der Waals surface area contributed by atoms with E-state index in [4.69, 9.17) is 5.21 Å². The Labute approximate surface area is 161 Å². The minimum atomic E-state index is -4.01. The lowest BCUT2D eigenvalue weighted by molar-refractivity contribution is -0.731. The molecule has 3 rings (SSSR count). The number of hydrogen-bond donors (Lipinski definition) is 2. The van der Waals surface area contributed by atoms with Gasteiger partial charge in [-0.05, 0) is 35.9 Å². The molecule has 0 unspecified atom stereocenters. The van der Waals surface area contributed by atoms with Crippen molar-refractivity contribution in [2.45, 2.75) is 15.5 Å². The Bertz CT molecular complexity index is 1040. The second-order valence-electron chi connectivity index (χ2n) is 5.64. The number of thioether (sulfide) groups is 1. The normalized spacial score (nSPS) is 11.1. The molecule has 138 valence electrons. The maximum absolute atomic E-state index is 12.5. The van der Waals surface area contributed by atoms with Crippen LogP contribution in [-0.2, 0) is 15.8 Å². The average molecular weight is 401 g/mol. The zero-order valence-electron chi connectivity index (χ0n) is 14.1. The Balaban J connectivity index is 1.72. The monoisotopic (exact) mass is 401 g/mol. The van der Waals surface area contributed by atoms with Crippen LogP contribution in [0.5, 0.6) is 0 Å². The molecule has 0 saturated carbocycles. The summed E-state index contributed by atoms with van der Waals surface area (Å²) in [5.74, 6) is 0.759. The highest BCUT2D eigenvalue weighted by Crippen LogP contribution is 2.26. The van der Waals surface area contributed by atoms with Crippen molar-refractivity contribution in [3.05, 3.63) is 89.3 Å². The zero-order chi connectivity index (χ0) is 19.3. The Morgan fingerprint density at radius 2 is 1.52 bits per heavy atom. The molecule has 0 bridgehead atoms. The summed E-state index contributed by atoms with van der Waals surface area (Å²) in [5, 5.41) is 9.11. The highest BCUT2D eigenvalue weighted by atomic mass is 32.2. The molecule has 0 saturated heterocycles. The van der Waals surface area contributed by atoms with Gasteiger partial charge >= 0.3 is 5.69 Å². The molecule has 0 spiro atoms. The summed E-state index contributed by atoms with van der Waals surface area (Å²) in [7, 11) is -4.01. The summed E-state index contributed by atoms with van der Waals surface area (Å²) in [6.45, 7) is 0. The van der Waals surface area contributed by atoms with Gasteiger partial charge in [0.2, 0.25) is 0 Å². The van der Waals surface area contributed by atoms with E-state index in [1.54, 1.807) is 23.9 Å². The van der Waals surface area contributed by atoms with E-state index in [-0.39, 0.29) is 10.6 Å². The molecule has 3 aromatic carbocycles. The van der Waals surface area contributed by atoms with Crippen LogP contribution in [0.3, 0.4) is 0 Å². The third-order valence-corrected chi connectivity index (χ3v) is 6.23. The number of anilines is 1. The summed E-state index contributed by atoms with van der Waals surface area (Å²) >= 11 is 1.69. The van der Waals surface area contributed by atoms with Gasteiger partial charge in [-0.3, -0.25) is 4.72 Å². The number of sulfonamides is 1. The van der Waals surface area contributed by atoms with E-state index in [1.165, 1.54) is 24.3 Å². The minimum Gasteiger partial charge on any atom is -0.279 e. The van der Waals surface area contributed by atoms with E-state index >= 15 is 0 Å². The van der Waals surface area contributed by atoms with Crippen molar-refractivity contribution in [2.75, 3.05) is 4.72 Å². The molecular weight excluding hydrogens is 384 g/mol. The number of benzene rings is 3. The second-order valence-corrected chi connectivity index (χ2v) is 8.34. The molecule has 0 aliphatic heterocycles. The minimum absolute atomic E-state index is 0.300. The molecule has 0 heterocycles. The SMILES string of the molecule is O=[N+](O)c1ccccc1S(=O)(=O)Nc1ccc(CSc2ccccc2)cc1. The van der Waals surface area contributed by atoms with E-state index in [1.807, 2.05) is 42.5 Å². The molecule has 0 fully saturated rings. The molecule has 6 nitrogen and oxygen atoms in total. The zero-order valence-corrected chi connectivity index (χ0v) is 15.8. The first kappa shape index (κ1) is 18.9. The number of rotatable bonds is 7. The molecule has 0 aromatic heterocycles. The van der Waals surface area contributed by atoms with Crippen molar-refractivity contribution < 1.29 is 18.5 Å².